The second-order valence-electron chi connectivity index (χ2n) is 9.07. The first kappa shape index (κ1) is 26.9. The van der Waals surface area contributed by atoms with E-state index in [1.54, 1.807) is 37.3 Å². The van der Waals surface area contributed by atoms with Crippen LogP contribution in [0.1, 0.15) is 31.1 Å². The Kier molecular flexibility index (Phi) is 8.87. The number of anilines is 2. The van der Waals surface area contributed by atoms with Gasteiger partial charge in [-0.05, 0) is 43.3 Å². The quantitative estimate of drug-likeness (QED) is 0.668. The molecule has 1 heterocycles. The molecule has 0 fully saturated rings. The molecular formula is C26H33FN4O5. The average Bonchev–Trinajstić information content (AvgIpc) is 2.83. The molecule has 0 bridgehead atoms. The summed E-state index contributed by atoms with van der Waals surface area (Å²) in [5, 5.41) is 5.22. The zero-order valence-electron chi connectivity index (χ0n) is 21.2. The molecule has 4 amide bonds. The highest BCUT2D eigenvalue weighted by atomic mass is 19.1. The molecule has 0 unspecified atom stereocenters. The number of rotatable bonds is 3. The van der Waals surface area contributed by atoms with E-state index in [9.17, 15) is 18.8 Å². The van der Waals surface area contributed by atoms with Gasteiger partial charge in [0.05, 0.1) is 17.7 Å². The Balaban J connectivity index is 1.88. The second kappa shape index (κ2) is 11.9. The molecule has 2 aromatic rings. The highest BCUT2D eigenvalue weighted by Crippen LogP contribution is 2.26. The summed E-state index contributed by atoms with van der Waals surface area (Å²) in [6.07, 6.45) is -0.296. The van der Waals surface area contributed by atoms with Gasteiger partial charge in [-0.25, -0.2) is 9.18 Å². The normalized spacial score (nSPS) is 20.9. The number of nitrogens with zero attached hydrogens (tertiary/aromatic N) is 2. The maximum absolute atomic E-state index is 13.4. The minimum atomic E-state index is -0.589. The summed E-state index contributed by atoms with van der Waals surface area (Å²) < 4.78 is 25.1. The lowest BCUT2D eigenvalue weighted by Gasteiger charge is -2.35. The molecule has 1 aliphatic heterocycles. The summed E-state index contributed by atoms with van der Waals surface area (Å²) in [5.74, 6) is -0.543. The number of urea groups is 1. The molecule has 2 aromatic carbocycles. The molecule has 0 spiro atoms. The minimum absolute atomic E-state index is 0.0324. The molecule has 0 radical (unpaired) electrons. The van der Waals surface area contributed by atoms with Crippen LogP contribution in [0.5, 0.6) is 5.75 Å². The van der Waals surface area contributed by atoms with Crippen molar-refractivity contribution >= 4 is 29.2 Å². The Morgan fingerprint density at radius 1 is 1.08 bits per heavy atom. The first-order valence-electron chi connectivity index (χ1n) is 11.7. The van der Waals surface area contributed by atoms with Crippen molar-refractivity contribution in [3.63, 3.8) is 0 Å². The number of ether oxygens (including phenoxy) is 2. The number of halogens is 1. The number of fused-ring (bicyclic) bond motifs is 1. The number of carbonyl (C=O) groups is 3. The Hall–Kier alpha value is -3.66. The molecule has 3 atom stereocenters. The number of methoxy groups -OCH3 is 1. The van der Waals surface area contributed by atoms with Crippen LogP contribution in [-0.4, -0.2) is 73.6 Å². The van der Waals surface area contributed by atoms with E-state index < -0.39 is 11.8 Å². The van der Waals surface area contributed by atoms with Gasteiger partial charge in [-0.3, -0.25) is 9.59 Å². The van der Waals surface area contributed by atoms with Crippen LogP contribution in [0.4, 0.5) is 20.6 Å². The molecule has 3 rings (SSSR count). The predicted octanol–water partition coefficient (Wildman–Crippen LogP) is 3.82. The highest BCUT2D eigenvalue weighted by Gasteiger charge is 2.29. The number of amides is 4. The van der Waals surface area contributed by atoms with Gasteiger partial charge < -0.3 is 29.9 Å². The fraction of sp³-hybridized carbons (Fsp3) is 0.423. The number of likely N-dealkylation sites (N-methyl/N-ethyl adjacent to an activating group) is 1. The van der Waals surface area contributed by atoms with Crippen molar-refractivity contribution in [1.82, 2.24) is 9.80 Å². The predicted molar refractivity (Wildman–Crippen MR) is 135 cm³/mol. The van der Waals surface area contributed by atoms with Gasteiger partial charge >= 0.3 is 6.03 Å². The van der Waals surface area contributed by atoms with Crippen molar-refractivity contribution in [1.29, 1.82) is 0 Å². The number of carbonyl (C=O) groups excluding carboxylic acids is 3. The number of hydrogen-bond acceptors (Lipinski definition) is 5. The molecule has 36 heavy (non-hydrogen) atoms. The van der Waals surface area contributed by atoms with E-state index in [1.165, 1.54) is 36.1 Å². The van der Waals surface area contributed by atoms with E-state index in [2.05, 4.69) is 10.6 Å². The van der Waals surface area contributed by atoms with E-state index in [-0.39, 0.29) is 42.0 Å². The third-order valence-corrected chi connectivity index (χ3v) is 6.19. The largest absolute Gasteiger partial charge is 0.491 e. The molecular weight excluding hydrogens is 467 g/mol. The molecule has 194 valence electrons. The van der Waals surface area contributed by atoms with Crippen molar-refractivity contribution in [2.24, 2.45) is 5.92 Å². The molecule has 0 aromatic heterocycles. The Bertz CT molecular complexity index is 1110. The van der Waals surface area contributed by atoms with Crippen molar-refractivity contribution < 1.29 is 28.2 Å². The number of nitrogens with one attached hydrogen (secondary N) is 2. The van der Waals surface area contributed by atoms with Crippen LogP contribution in [0, 0.1) is 11.7 Å². The molecule has 0 saturated heterocycles. The van der Waals surface area contributed by atoms with E-state index >= 15 is 0 Å². The van der Waals surface area contributed by atoms with Crippen LogP contribution >= 0.6 is 0 Å². The topological polar surface area (TPSA) is 100 Å². The lowest BCUT2D eigenvalue weighted by atomic mass is 10.0. The second-order valence-corrected chi connectivity index (χ2v) is 9.07. The molecule has 10 heteroatoms. The molecule has 1 aliphatic rings. The van der Waals surface area contributed by atoms with Gasteiger partial charge in [0.15, 0.2) is 0 Å². The van der Waals surface area contributed by atoms with Crippen LogP contribution in [0.2, 0.25) is 0 Å². The maximum atomic E-state index is 13.4. The number of hydrogen-bond donors (Lipinski definition) is 2. The van der Waals surface area contributed by atoms with Crippen LogP contribution < -0.4 is 15.4 Å². The zero-order chi connectivity index (χ0) is 26.4. The zero-order valence-corrected chi connectivity index (χ0v) is 21.2. The van der Waals surface area contributed by atoms with Gasteiger partial charge in [0.2, 0.25) is 5.91 Å². The lowest BCUT2D eigenvalue weighted by molar-refractivity contribution is -0.133. The van der Waals surface area contributed by atoms with Gasteiger partial charge in [0.1, 0.15) is 18.2 Å². The first-order valence-corrected chi connectivity index (χ1v) is 11.7. The van der Waals surface area contributed by atoms with Gasteiger partial charge in [-0.2, -0.15) is 0 Å². The monoisotopic (exact) mass is 500 g/mol. The third kappa shape index (κ3) is 6.72. The highest BCUT2D eigenvalue weighted by molar-refractivity contribution is 6.02. The van der Waals surface area contributed by atoms with Crippen molar-refractivity contribution in [2.75, 3.05) is 44.5 Å². The van der Waals surface area contributed by atoms with E-state index in [0.29, 0.717) is 30.2 Å². The summed E-state index contributed by atoms with van der Waals surface area (Å²) in [5.41, 5.74) is 0.905. The summed E-state index contributed by atoms with van der Waals surface area (Å²) in [4.78, 5) is 41.4. The minimum Gasteiger partial charge on any atom is -0.491 e. The smallest absolute Gasteiger partial charge is 0.323 e. The van der Waals surface area contributed by atoms with E-state index in [1.807, 2.05) is 13.8 Å². The molecule has 0 saturated carbocycles. The third-order valence-electron chi connectivity index (χ3n) is 6.19. The molecule has 0 aliphatic carbocycles. The first-order chi connectivity index (χ1) is 17.1. The van der Waals surface area contributed by atoms with Crippen LogP contribution in [-0.2, 0) is 9.53 Å². The van der Waals surface area contributed by atoms with Crippen molar-refractivity contribution in [3.8, 4) is 5.75 Å². The van der Waals surface area contributed by atoms with Crippen molar-refractivity contribution in [2.45, 2.75) is 32.9 Å². The summed E-state index contributed by atoms with van der Waals surface area (Å²) in [6.45, 7) is 6.34. The van der Waals surface area contributed by atoms with E-state index in [4.69, 9.17) is 9.47 Å². The fourth-order valence-corrected chi connectivity index (χ4v) is 4.15. The maximum Gasteiger partial charge on any atom is 0.323 e. The Labute approximate surface area is 210 Å². The Morgan fingerprint density at radius 2 is 1.78 bits per heavy atom. The van der Waals surface area contributed by atoms with Crippen molar-refractivity contribution in [3.05, 3.63) is 53.8 Å². The van der Waals surface area contributed by atoms with Gasteiger partial charge in [-0.1, -0.05) is 13.0 Å². The van der Waals surface area contributed by atoms with Gasteiger partial charge in [-0.15, -0.1) is 0 Å². The molecule has 9 nitrogen and oxygen atoms in total. The Morgan fingerprint density at radius 3 is 2.42 bits per heavy atom. The standard InChI is InChI=1S/C26H33FN4O5/c1-16-13-31(18(3)32)17(2)15-36-23-10-9-21(12-22(23)25(33)30(4)14-24(16)35-5)29-26(34)28-20-8-6-7-19(27)11-20/h6-12,16-17,24H,13-15H2,1-5H3,(H2,28,29,34)/t16-,17+,24-/m0/s1. The van der Waals surface area contributed by atoms with Gasteiger partial charge in [0.25, 0.3) is 5.91 Å². The summed E-state index contributed by atoms with van der Waals surface area (Å²) in [6, 6.07) is 9.44. The number of benzene rings is 2. The fourth-order valence-electron chi connectivity index (χ4n) is 4.15. The molecule has 2 N–H and O–H groups in total. The van der Waals surface area contributed by atoms with Crippen LogP contribution in [0.25, 0.3) is 0 Å². The summed E-state index contributed by atoms with van der Waals surface area (Å²) >= 11 is 0. The van der Waals surface area contributed by atoms with Crippen LogP contribution in [0.3, 0.4) is 0 Å². The van der Waals surface area contributed by atoms with Gasteiger partial charge in [0, 0.05) is 51.5 Å². The SMILES string of the molecule is CO[C@H]1CN(C)C(=O)c2cc(NC(=O)Nc3cccc(F)c3)ccc2OC[C@@H](C)N(C(C)=O)C[C@@H]1C. The lowest BCUT2D eigenvalue weighted by Crippen LogP contribution is -2.48. The van der Waals surface area contributed by atoms with Crippen LogP contribution in [0.15, 0.2) is 42.5 Å². The van der Waals surface area contributed by atoms with E-state index in [0.717, 1.165) is 0 Å². The average molecular weight is 501 g/mol. The summed E-state index contributed by atoms with van der Waals surface area (Å²) in [7, 11) is 3.25.